The minimum Gasteiger partial charge on any atom is -0.489 e. The summed E-state index contributed by atoms with van der Waals surface area (Å²) in [4.78, 5) is 36.2. The number of amides is 2. The van der Waals surface area contributed by atoms with Crippen LogP contribution in [-0.4, -0.2) is 37.3 Å². The lowest BCUT2D eigenvalue weighted by atomic mass is 9.99. The van der Waals surface area contributed by atoms with Crippen LogP contribution in [0.2, 0.25) is 0 Å². The van der Waals surface area contributed by atoms with Crippen LogP contribution in [0.25, 0.3) is 22.1 Å². The number of rotatable bonds is 16. The number of ether oxygens (including phenoxy) is 4. The second-order valence-corrected chi connectivity index (χ2v) is 13.6. The van der Waals surface area contributed by atoms with Crippen molar-refractivity contribution in [3.63, 3.8) is 0 Å². The quantitative estimate of drug-likeness (QED) is 0.0867. The second kappa shape index (κ2) is 20.9. The third-order valence-electron chi connectivity index (χ3n) is 7.72. The molecule has 0 saturated carbocycles. The van der Waals surface area contributed by atoms with Crippen molar-refractivity contribution in [2.24, 2.45) is 0 Å². The van der Waals surface area contributed by atoms with Crippen molar-refractivity contribution in [1.29, 1.82) is 0 Å². The number of furan rings is 1. The van der Waals surface area contributed by atoms with Gasteiger partial charge in [-0.15, -0.1) is 0 Å². The Morgan fingerprint density at radius 3 is 2.25 bits per heavy atom. The van der Waals surface area contributed by atoms with Gasteiger partial charge in [0.05, 0.1) is 13.0 Å². The van der Waals surface area contributed by atoms with E-state index in [-0.39, 0.29) is 38.1 Å². The van der Waals surface area contributed by atoms with E-state index in [1.54, 1.807) is 32.2 Å². The molecule has 10 heteroatoms. The zero-order valence-electron chi connectivity index (χ0n) is 32.1. The predicted octanol–water partition coefficient (Wildman–Crippen LogP) is 9.89. The molecule has 282 valence electrons. The average molecular weight is 717 g/mol. The number of unbranched alkanes of at least 4 members (excludes halogenated alkanes) is 4. The van der Waals surface area contributed by atoms with E-state index in [0.717, 1.165) is 27.6 Å². The lowest BCUT2D eigenvalue weighted by molar-refractivity contribution is -0.142. The van der Waals surface area contributed by atoms with Crippen LogP contribution in [0.1, 0.15) is 103 Å². The van der Waals surface area contributed by atoms with E-state index >= 15 is 0 Å². The molecule has 3 aromatic carbocycles. The molecule has 0 aliphatic heterocycles. The Kier molecular flexibility index (Phi) is 16.7. The van der Waals surface area contributed by atoms with Gasteiger partial charge in [-0.05, 0) is 74.7 Å². The molecule has 4 aromatic rings. The molecule has 0 bridgehead atoms. The Bertz CT molecular complexity index is 1750. The van der Waals surface area contributed by atoms with E-state index in [2.05, 4.69) is 24.5 Å². The molecule has 0 unspecified atom stereocenters. The summed E-state index contributed by atoms with van der Waals surface area (Å²) >= 11 is 0. The maximum Gasteiger partial charge on any atom is 0.407 e. The van der Waals surface area contributed by atoms with Gasteiger partial charge < -0.3 is 34.0 Å². The van der Waals surface area contributed by atoms with Gasteiger partial charge in [-0.1, -0.05) is 70.2 Å². The van der Waals surface area contributed by atoms with Crippen LogP contribution in [0.15, 0.2) is 65.1 Å². The van der Waals surface area contributed by atoms with Crippen LogP contribution in [0.3, 0.4) is 0 Å². The molecule has 0 spiro atoms. The van der Waals surface area contributed by atoms with E-state index in [1.807, 2.05) is 63.2 Å². The van der Waals surface area contributed by atoms with Crippen molar-refractivity contribution in [2.75, 3.05) is 19.0 Å². The highest BCUT2D eigenvalue weighted by Crippen LogP contribution is 2.34. The fraction of sp³-hybridized carbons (Fsp3) is 0.452. The van der Waals surface area contributed by atoms with Gasteiger partial charge in [0.2, 0.25) is 5.91 Å². The number of hydrogen-bond acceptors (Lipinski definition) is 8. The molecule has 1 heterocycles. The van der Waals surface area contributed by atoms with Gasteiger partial charge >= 0.3 is 12.1 Å². The standard InChI is InChI=1S/C35H40N2O8.C7H16/c1-7-42-32(39)17-26-11-12-28(37-22(2)38)18-31(26)43-20-24-14-27-16-29(21-41-6)44-33(27)30(15-24)25-10-8-9-23(13-25)19-36-34(40)45-35(3,4)5;1-3-5-7-6-4-2/h8-16,18H,7,17,19-21H2,1-6H3,(H,36,40)(H,37,38);3-7H2,1-2H3. The molecular formula is C42H56N2O8. The summed E-state index contributed by atoms with van der Waals surface area (Å²) in [7, 11) is 1.61. The number of carbonyl (C=O) groups excluding carboxylic acids is 3. The normalized spacial score (nSPS) is 11.0. The maximum absolute atomic E-state index is 12.3. The number of fused-ring (bicyclic) bond motifs is 1. The highest BCUT2D eigenvalue weighted by molar-refractivity contribution is 5.94. The van der Waals surface area contributed by atoms with Crippen molar-refractivity contribution in [1.82, 2.24) is 5.32 Å². The number of methoxy groups -OCH3 is 1. The van der Waals surface area contributed by atoms with Crippen molar-refractivity contribution in [3.05, 3.63) is 83.1 Å². The highest BCUT2D eigenvalue weighted by atomic mass is 16.6. The van der Waals surface area contributed by atoms with E-state index in [0.29, 0.717) is 35.0 Å². The average Bonchev–Trinajstić information content (AvgIpc) is 3.49. The fourth-order valence-electron chi connectivity index (χ4n) is 5.44. The minimum absolute atomic E-state index is 0.0278. The first-order valence-electron chi connectivity index (χ1n) is 18.1. The van der Waals surface area contributed by atoms with Gasteiger partial charge in [0.15, 0.2) is 0 Å². The van der Waals surface area contributed by atoms with Gasteiger partial charge in [-0.2, -0.15) is 0 Å². The molecule has 4 rings (SSSR count). The molecule has 2 amide bonds. The summed E-state index contributed by atoms with van der Waals surface area (Å²) in [6, 6.07) is 18.9. The lowest BCUT2D eigenvalue weighted by Crippen LogP contribution is -2.32. The first kappa shape index (κ1) is 41.6. The molecule has 0 saturated heterocycles. The molecule has 0 aliphatic carbocycles. The molecular weight excluding hydrogens is 660 g/mol. The Morgan fingerprint density at radius 1 is 0.846 bits per heavy atom. The number of anilines is 1. The SMILES string of the molecule is CCCCCCC.CCOC(=O)Cc1ccc(NC(C)=O)cc1OCc1cc(-c2cccc(CNC(=O)OC(C)(C)C)c2)c2oc(COC)cc2c1. The van der Waals surface area contributed by atoms with Gasteiger partial charge in [0.25, 0.3) is 0 Å². The summed E-state index contributed by atoms with van der Waals surface area (Å²) in [5, 5.41) is 6.43. The van der Waals surface area contributed by atoms with Gasteiger partial charge in [0.1, 0.15) is 35.9 Å². The summed E-state index contributed by atoms with van der Waals surface area (Å²) in [6.45, 7) is 14.2. The fourth-order valence-corrected chi connectivity index (χ4v) is 5.44. The molecule has 1 aromatic heterocycles. The molecule has 2 N–H and O–H groups in total. The van der Waals surface area contributed by atoms with Crippen LogP contribution in [0, 0.1) is 0 Å². The van der Waals surface area contributed by atoms with Gasteiger partial charge in [0, 0.05) is 48.8 Å². The number of alkyl carbamates (subject to hydrolysis) is 1. The van der Waals surface area contributed by atoms with Crippen LogP contribution in [-0.2, 0) is 50.0 Å². The van der Waals surface area contributed by atoms with E-state index in [1.165, 1.54) is 39.0 Å². The summed E-state index contributed by atoms with van der Waals surface area (Å²) in [6.07, 6.45) is 6.55. The number of nitrogens with one attached hydrogen (secondary N) is 2. The molecule has 0 aliphatic rings. The predicted molar refractivity (Wildman–Crippen MR) is 205 cm³/mol. The van der Waals surface area contributed by atoms with Gasteiger partial charge in [-0.25, -0.2) is 4.79 Å². The largest absolute Gasteiger partial charge is 0.489 e. The Labute approximate surface area is 308 Å². The Morgan fingerprint density at radius 2 is 1.60 bits per heavy atom. The second-order valence-electron chi connectivity index (χ2n) is 13.6. The number of benzene rings is 3. The van der Waals surface area contributed by atoms with Crippen molar-refractivity contribution < 1.29 is 37.7 Å². The first-order valence-corrected chi connectivity index (χ1v) is 18.1. The van der Waals surface area contributed by atoms with Crippen molar-refractivity contribution >= 4 is 34.6 Å². The van der Waals surface area contributed by atoms with Crippen molar-refractivity contribution in [3.8, 4) is 16.9 Å². The van der Waals surface area contributed by atoms with E-state index < -0.39 is 11.7 Å². The van der Waals surface area contributed by atoms with Crippen LogP contribution < -0.4 is 15.4 Å². The van der Waals surface area contributed by atoms with Crippen molar-refractivity contribution in [2.45, 2.75) is 112 Å². The minimum atomic E-state index is -0.593. The smallest absolute Gasteiger partial charge is 0.407 e. The van der Waals surface area contributed by atoms with Crippen LogP contribution in [0.5, 0.6) is 5.75 Å². The van der Waals surface area contributed by atoms with Gasteiger partial charge in [-0.3, -0.25) is 9.59 Å². The van der Waals surface area contributed by atoms with E-state index in [4.69, 9.17) is 23.4 Å². The zero-order valence-corrected chi connectivity index (χ0v) is 32.1. The Hall–Kier alpha value is -4.83. The third kappa shape index (κ3) is 14.1. The van der Waals surface area contributed by atoms with E-state index in [9.17, 15) is 14.4 Å². The third-order valence-corrected chi connectivity index (χ3v) is 7.72. The summed E-state index contributed by atoms with van der Waals surface area (Å²) in [5.41, 5.74) is 4.76. The molecule has 0 fully saturated rings. The first-order chi connectivity index (χ1) is 24.8. The Balaban J connectivity index is 0.000000944. The topological polar surface area (TPSA) is 125 Å². The zero-order chi connectivity index (χ0) is 38.1. The number of hydrogen-bond donors (Lipinski definition) is 2. The molecule has 0 radical (unpaired) electrons. The molecule has 0 atom stereocenters. The van der Waals surface area contributed by atoms with Crippen LogP contribution in [0.4, 0.5) is 10.5 Å². The number of carbonyl (C=O) groups is 3. The molecule has 52 heavy (non-hydrogen) atoms. The lowest BCUT2D eigenvalue weighted by Gasteiger charge is -2.19. The molecule has 10 nitrogen and oxygen atoms in total. The van der Waals surface area contributed by atoms with Crippen LogP contribution >= 0.6 is 0 Å². The summed E-state index contributed by atoms with van der Waals surface area (Å²) in [5.74, 6) is 0.542. The number of esters is 1. The summed E-state index contributed by atoms with van der Waals surface area (Å²) < 4.78 is 28.3. The maximum atomic E-state index is 12.3. The highest BCUT2D eigenvalue weighted by Gasteiger charge is 2.18. The monoisotopic (exact) mass is 716 g/mol.